The molecule has 6 nitrogen and oxygen atoms in total. The first-order valence-corrected chi connectivity index (χ1v) is 9.94. The number of aromatic carboxylic acids is 1. The smallest absolute Gasteiger partial charge is 0.339 e. The summed E-state index contributed by atoms with van der Waals surface area (Å²) in [7, 11) is 0. The van der Waals surface area contributed by atoms with E-state index in [1.807, 2.05) is 60.7 Å². The third-order valence-corrected chi connectivity index (χ3v) is 4.93. The number of ether oxygens (including phenoxy) is 2. The zero-order valence-corrected chi connectivity index (χ0v) is 17.2. The highest BCUT2D eigenvalue weighted by Crippen LogP contribution is 2.39. The predicted octanol–water partition coefficient (Wildman–Crippen LogP) is 5.59. The first-order chi connectivity index (χ1) is 15.1. The van der Waals surface area contributed by atoms with E-state index in [-0.39, 0.29) is 11.3 Å². The number of benzene rings is 3. The highest BCUT2D eigenvalue weighted by Gasteiger charge is 2.21. The lowest BCUT2D eigenvalue weighted by molar-refractivity contribution is 0.0698. The van der Waals surface area contributed by atoms with E-state index >= 15 is 0 Å². The summed E-state index contributed by atoms with van der Waals surface area (Å²) in [6.45, 7) is 0.626. The normalized spacial score (nSPS) is 10.6. The van der Waals surface area contributed by atoms with Gasteiger partial charge < -0.3 is 14.6 Å². The molecule has 0 aliphatic heterocycles. The molecule has 0 amide bonds. The highest BCUT2D eigenvalue weighted by atomic mass is 35.5. The third kappa shape index (κ3) is 4.87. The summed E-state index contributed by atoms with van der Waals surface area (Å²) in [6.07, 6.45) is 1.33. The van der Waals surface area contributed by atoms with Crippen LogP contribution in [0.4, 0.5) is 0 Å². The van der Waals surface area contributed by atoms with Crippen molar-refractivity contribution < 1.29 is 19.4 Å². The van der Waals surface area contributed by atoms with E-state index in [0.29, 0.717) is 35.3 Å². The predicted molar refractivity (Wildman–Crippen MR) is 118 cm³/mol. The van der Waals surface area contributed by atoms with Crippen LogP contribution in [0.5, 0.6) is 11.5 Å². The topological polar surface area (TPSA) is 84.4 Å². The van der Waals surface area contributed by atoms with Crippen LogP contribution >= 0.6 is 11.6 Å². The molecular weight excluding hydrogens is 416 g/mol. The molecule has 0 bridgehead atoms. The van der Waals surface area contributed by atoms with Gasteiger partial charge in [0.2, 0.25) is 0 Å². The number of hydrogen-bond donors (Lipinski definition) is 2. The number of hydrogen-bond acceptors (Lipinski definition) is 4. The minimum Gasteiger partial charge on any atom is -0.488 e. The van der Waals surface area contributed by atoms with Crippen LogP contribution in [0.2, 0.25) is 5.02 Å². The molecule has 0 saturated heterocycles. The molecule has 0 atom stereocenters. The number of rotatable bonds is 8. The second-order valence-corrected chi connectivity index (χ2v) is 7.19. The van der Waals surface area contributed by atoms with Crippen LogP contribution < -0.4 is 9.47 Å². The van der Waals surface area contributed by atoms with Crippen LogP contribution in [0, 0.1) is 0 Å². The molecule has 4 rings (SSSR count). The monoisotopic (exact) mass is 434 g/mol. The average Bonchev–Trinajstić information content (AvgIpc) is 3.29. The number of carboxylic acid groups (broad SMARTS) is 1. The van der Waals surface area contributed by atoms with Crippen LogP contribution in [0.15, 0.2) is 79.0 Å². The zero-order chi connectivity index (χ0) is 21.6. The van der Waals surface area contributed by atoms with Gasteiger partial charge in [-0.2, -0.15) is 5.10 Å². The molecule has 0 aliphatic carbocycles. The van der Waals surface area contributed by atoms with Crippen molar-refractivity contribution in [2.24, 2.45) is 0 Å². The SMILES string of the molecule is O=C(O)c1c[nH]nc1-c1cc(Cl)c(OCc2ccccc2)cc1OCc1ccccc1. The Morgan fingerprint density at radius 2 is 1.48 bits per heavy atom. The van der Waals surface area contributed by atoms with Gasteiger partial charge in [0.1, 0.15) is 36.0 Å². The Morgan fingerprint density at radius 3 is 2.06 bits per heavy atom. The molecule has 1 aromatic heterocycles. The fraction of sp³-hybridized carbons (Fsp3) is 0.0833. The minimum atomic E-state index is -1.10. The highest BCUT2D eigenvalue weighted by molar-refractivity contribution is 6.32. The average molecular weight is 435 g/mol. The number of carboxylic acids is 1. The molecule has 156 valence electrons. The maximum absolute atomic E-state index is 11.6. The Labute approximate surface area is 184 Å². The Bertz CT molecular complexity index is 1180. The van der Waals surface area contributed by atoms with Crippen molar-refractivity contribution in [3.8, 4) is 22.8 Å². The van der Waals surface area contributed by atoms with Crippen molar-refractivity contribution in [1.29, 1.82) is 0 Å². The number of aromatic nitrogens is 2. The van der Waals surface area contributed by atoms with E-state index in [4.69, 9.17) is 21.1 Å². The molecule has 3 aromatic carbocycles. The van der Waals surface area contributed by atoms with Crippen molar-refractivity contribution >= 4 is 17.6 Å². The molecule has 1 heterocycles. The molecule has 0 radical (unpaired) electrons. The van der Waals surface area contributed by atoms with E-state index < -0.39 is 5.97 Å². The van der Waals surface area contributed by atoms with Gasteiger partial charge in [-0.1, -0.05) is 72.3 Å². The number of nitrogens with zero attached hydrogens (tertiary/aromatic N) is 1. The lowest BCUT2D eigenvalue weighted by atomic mass is 10.1. The summed E-state index contributed by atoms with van der Waals surface area (Å²) in [5.41, 5.74) is 2.70. The van der Waals surface area contributed by atoms with Gasteiger partial charge in [0, 0.05) is 17.8 Å². The van der Waals surface area contributed by atoms with Gasteiger partial charge >= 0.3 is 5.97 Å². The van der Waals surface area contributed by atoms with Gasteiger partial charge in [-0.3, -0.25) is 5.10 Å². The van der Waals surface area contributed by atoms with Gasteiger partial charge in [-0.15, -0.1) is 0 Å². The summed E-state index contributed by atoms with van der Waals surface area (Å²) >= 11 is 6.47. The van der Waals surface area contributed by atoms with Gasteiger partial charge in [0.25, 0.3) is 0 Å². The zero-order valence-electron chi connectivity index (χ0n) is 16.4. The summed E-state index contributed by atoms with van der Waals surface area (Å²) < 4.78 is 12.0. The quantitative estimate of drug-likeness (QED) is 0.378. The van der Waals surface area contributed by atoms with Crippen molar-refractivity contribution in [3.05, 3.63) is 101 Å². The first-order valence-electron chi connectivity index (χ1n) is 9.56. The fourth-order valence-corrected chi connectivity index (χ4v) is 3.30. The van der Waals surface area contributed by atoms with E-state index in [9.17, 15) is 9.90 Å². The summed E-state index contributed by atoms with van der Waals surface area (Å²) in [5.74, 6) is -0.242. The Kier molecular flexibility index (Phi) is 6.19. The third-order valence-electron chi connectivity index (χ3n) is 4.63. The number of aromatic amines is 1. The Hall–Kier alpha value is -3.77. The molecule has 0 fully saturated rings. The second kappa shape index (κ2) is 9.36. The van der Waals surface area contributed by atoms with Crippen molar-refractivity contribution in [2.45, 2.75) is 13.2 Å². The summed E-state index contributed by atoms with van der Waals surface area (Å²) in [6, 6.07) is 22.7. The molecule has 0 saturated carbocycles. The van der Waals surface area contributed by atoms with Gasteiger partial charge in [-0.25, -0.2) is 4.79 Å². The van der Waals surface area contributed by atoms with Crippen LogP contribution in [0.1, 0.15) is 21.5 Å². The fourth-order valence-electron chi connectivity index (χ4n) is 3.08. The molecule has 0 unspecified atom stereocenters. The number of carbonyl (C=O) groups is 1. The van der Waals surface area contributed by atoms with Gasteiger partial charge in [0.05, 0.1) is 5.02 Å². The maximum Gasteiger partial charge on any atom is 0.339 e. The molecule has 0 aliphatic rings. The van der Waals surface area contributed by atoms with Crippen molar-refractivity contribution in [1.82, 2.24) is 10.2 Å². The van der Waals surface area contributed by atoms with E-state index in [1.54, 1.807) is 12.1 Å². The molecule has 2 N–H and O–H groups in total. The second-order valence-electron chi connectivity index (χ2n) is 6.78. The molecule has 4 aromatic rings. The van der Waals surface area contributed by atoms with Crippen LogP contribution in [0.25, 0.3) is 11.3 Å². The maximum atomic E-state index is 11.6. The van der Waals surface area contributed by atoms with E-state index in [1.165, 1.54) is 6.20 Å². The van der Waals surface area contributed by atoms with Gasteiger partial charge in [0.15, 0.2) is 0 Å². The van der Waals surface area contributed by atoms with E-state index in [2.05, 4.69) is 10.2 Å². The number of nitrogens with one attached hydrogen (secondary N) is 1. The van der Waals surface area contributed by atoms with Crippen LogP contribution in [0.3, 0.4) is 0 Å². The largest absolute Gasteiger partial charge is 0.488 e. The summed E-state index contributed by atoms with van der Waals surface area (Å²) in [4.78, 5) is 11.6. The van der Waals surface area contributed by atoms with Crippen molar-refractivity contribution in [3.63, 3.8) is 0 Å². The number of halogens is 1. The van der Waals surface area contributed by atoms with Gasteiger partial charge in [-0.05, 0) is 17.2 Å². The molecule has 0 spiro atoms. The Balaban J connectivity index is 1.68. The van der Waals surface area contributed by atoms with Crippen molar-refractivity contribution in [2.75, 3.05) is 0 Å². The molecular formula is C24H19ClN2O4. The molecule has 31 heavy (non-hydrogen) atoms. The lowest BCUT2D eigenvalue weighted by Gasteiger charge is -2.15. The van der Waals surface area contributed by atoms with E-state index in [0.717, 1.165) is 11.1 Å². The van der Waals surface area contributed by atoms with Crippen LogP contribution in [-0.2, 0) is 13.2 Å². The lowest BCUT2D eigenvalue weighted by Crippen LogP contribution is -2.02. The summed E-state index contributed by atoms with van der Waals surface area (Å²) in [5, 5.41) is 16.5. The van der Waals surface area contributed by atoms with Crippen LogP contribution in [-0.4, -0.2) is 21.3 Å². The standard InChI is InChI=1S/C24H19ClN2O4/c25-20-11-18(23-19(24(28)29)13-26-27-23)21(30-14-16-7-3-1-4-8-16)12-22(20)31-15-17-9-5-2-6-10-17/h1-13H,14-15H2,(H,26,27)(H,28,29). The molecule has 7 heteroatoms. The number of H-pyrrole nitrogens is 1. The minimum absolute atomic E-state index is 0.0265. The Morgan fingerprint density at radius 1 is 0.903 bits per heavy atom. The first kappa shape index (κ1) is 20.5.